The Balaban J connectivity index is 1.63. The average molecular weight is 452 g/mol. The Hall–Kier alpha value is -3.65. The van der Waals surface area contributed by atoms with Crippen LogP contribution in [-0.2, 0) is 10.0 Å². The molecule has 0 saturated carbocycles. The molecular weight excluding hydrogens is 426 g/mol. The van der Waals surface area contributed by atoms with E-state index in [4.69, 9.17) is 0 Å². The molecule has 166 valence electrons. The van der Waals surface area contributed by atoms with Crippen LogP contribution in [0, 0.1) is 13.8 Å². The second kappa shape index (κ2) is 10.1. The maximum atomic E-state index is 12.8. The van der Waals surface area contributed by atoms with E-state index in [1.165, 1.54) is 12.1 Å². The first-order chi connectivity index (χ1) is 15.3. The number of carbonyl (C=O) groups is 2. The molecule has 0 saturated heterocycles. The number of amides is 2. The van der Waals surface area contributed by atoms with Crippen molar-refractivity contribution < 1.29 is 18.0 Å². The maximum absolute atomic E-state index is 12.8. The highest BCUT2D eigenvalue weighted by Gasteiger charge is 2.18. The van der Waals surface area contributed by atoms with Crippen LogP contribution in [0.5, 0.6) is 0 Å². The van der Waals surface area contributed by atoms with E-state index < -0.39 is 15.9 Å². The molecule has 0 aliphatic rings. The van der Waals surface area contributed by atoms with E-state index in [9.17, 15) is 18.0 Å². The van der Waals surface area contributed by atoms with E-state index in [0.29, 0.717) is 16.8 Å². The van der Waals surface area contributed by atoms with Crippen molar-refractivity contribution in [1.29, 1.82) is 0 Å². The first kappa shape index (κ1) is 23.0. The molecular formula is C24H25N3O4S. The number of hydrogen-bond acceptors (Lipinski definition) is 4. The van der Waals surface area contributed by atoms with E-state index in [1.54, 1.807) is 55.5 Å². The summed E-state index contributed by atoms with van der Waals surface area (Å²) in [6.07, 6.45) is 0. The summed E-state index contributed by atoms with van der Waals surface area (Å²) in [6.45, 7) is 4.05. The molecule has 3 rings (SSSR count). The zero-order valence-corrected chi connectivity index (χ0v) is 18.7. The molecule has 0 aromatic heterocycles. The van der Waals surface area contributed by atoms with E-state index in [1.807, 2.05) is 19.1 Å². The zero-order valence-electron chi connectivity index (χ0n) is 17.9. The second-order valence-electron chi connectivity index (χ2n) is 7.33. The Labute approximate surface area is 187 Å². The molecule has 3 aromatic rings. The Kier molecular flexibility index (Phi) is 7.27. The van der Waals surface area contributed by atoms with Crippen molar-refractivity contribution in [3.63, 3.8) is 0 Å². The molecule has 8 heteroatoms. The molecule has 0 unspecified atom stereocenters. The van der Waals surface area contributed by atoms with Gasteiger partial charge in [0.15, 0.2) is 0 Å². The van der Waals surface area contributed by atoms with Gasteiger partial charge in [-0.3, -0.25) is 14.3 Å². The number of hydrogen-bond donors (Lipinski definition) is 3. The van der Waals surface area contributed by atoms with E-state index in [-0.39, 0.29) is 29.5 Å². The summed E-state index contributed by atoms with van der Waals surface area (Å²) in [4.78, 5) is 24.7. The van der Waals surface area contributed by atoms with Crippen LogP contribution >= 0.6 is 0 Å². The number of anilines is 1. The van der Waals surface area contributed by atoms with Crippen molar-refractivity contribution in [2.24, 2.45) is 0 Å². The fraction of sp³-hybridized carbons (Fsp3) is 0.167. The summed E-state index contributed by atoms with van der Waals surface area (Å²) in [5.74, 6) is -0.643. The molecule has 0 spiro atoms. The molecule has 0 fully saturated rings. The second-order valence-corrected chi connectivity index (χ2v) is 9.01. The third-order valence-corrected chi connectivity index (χ3v) is 6.15. The summed E-state index contributed by atoms with van der Waals surface area (Å²) in [5.41, 5.74) is 2.81. The summed E-state index contributed by atoms with van der Waals surface area (Å²) < 4.78 is 28.1. The van der Waals surface area contributed by atoms with Crippen LogP contribution in [0.2, 0.25) is 0 Å². The fourth-order valence-corrected chi connectivity index (χ4v) is 4.15. The first-order valence-corrected chi connectivity index (χ1v) is 11.6. The molecule has 3 N–H and O–H groups in total. The number of carbonyl (C=O) groups excluding carboxylic acids is 2. The van der Waals surface area contributed by atoms with Crippen molar-refractivity contribution in [1.82, 2.24) is 10.6 Å². The van der Waals surface area contributed by atoms with Crippen LogP contribution in [0.15, 0.2) is 77.7 Å². The Morgan fingerprint density at radius 3 is 2.16 bits per heavy atom. The fourth-order valence-electron chi connectivity index (χ4n) is 3.07. The van der Waals surface area contributed by atoms with Gasteiger partial charge >= 0.3 is 0 Å². The van der Waals surface area contributed by atoms with E-state index in [2.05, 4.69) is 15.4 Å². The molecule has 0 aliphatic carbocycles. The zero-order chi connectivity index (χ0) is 23.1. The van der Waals surface area contributed by atoms with Crippen LogP contribution in [0.25, 0.3) is 0 Å². The normalized spacial score (nSPS) is 10.9. The van der Waals surface area contributed by atoms with Crippen LogP contribution in [0.4, 0.5) is 5.69 Å². The van der Waals surface area contributed by atoms with Crippen molar-refractivity contribution in [2.75, 3.05) is 17.8 Å². The minimum atomic E-state index is -3.86. The number of aryl methyl sites for hydroxylation is 2. The van der Waals surface area contributed by atoms with E-state index in [0.717, 1.165) is 5.56 Å². The van der Waals surface area contributed by atoms with Gasteiger partial charge in [0.1, 0.15) is 0 Å². The topological polar surface area (TPSA) is 104 Å². The van der Waals surface area contributed by atoms with Crippen LogP contribution in [0.3, 0.4) is 0 Å². The van der Waals surface area contributed by atoms with Gasteiger partial charge in [0, 0.05) is 29.9 Å². The number of rotatable bonds is 8. The lowest BCUT2D eigenvalue weighted by molar-refractivity contribution is 0.0927. The standard InChI is InChI=1S/C24H25N3O4S/c1-17-7-6-10-20(15-17)27-32(30,31)21-12-11-18(2)22(16-21)24(29)26-14-13-25-23(28)19-8-4-3-5-9-19/h3-12,15-16,27H,13-14H2,1-2H3,(H,25,28)(H,26,29). The van der Waals surface area contributed by atoms with Gasteiger partial charge in [-0.15, -0.1) is 0 Å². The molecule has 0 bridgehead atoms. The highest BCUT2D eigenvalue weighted by molar-refractivity contribution is 7.92. The molecule has 3 aromatic carbocycles. The van der Waals surface area contributed by atoms with Gasteiger partial charge in [-0.1, -0.05) is 36.4 Å². The summed E-state index contributed by atoms with van der Waals surface area (Å²) >= 11 is 0. The first-order valence-electron chi connectivity index (χ1n) is 10.1. The van der Waals surface area contributed by atoms with Gasteiger partial charge in [0.25, 0.3) is 21.8 Å². The van der Waals surface area contributed by atoms with Gasteiger partial charge in [0.2, 0.25) is 0 Å². The van der Waals surface area contributed by atoms with E-state index >= 15 is 0 Å². The minimum absolute atomic E-state index is 0.00728. The van der Waals surface area contributed by atoms with Crippen molar-refractivity contribution in [3.8, 4) is 0 Å². The smallest absolute Gasteiger partial charge is 0.261 e. The van der Waals surface area contributed by atoms with Crippen LogP contribution in [0.1, 0.15) is 31.8 Å². The van der Waals surface area contributed by atoms with Crippen molar-refractivity contribution in [3.05, 3.63) is 95.1 Å². The monoisotopic (exact) mass is 451 g/mol. The Bertz CT molecular complexity index is 1230. The largest absolute Gasteiger partial charge is 0.350 e. The Morgan fingerprint density at radius 2 is 1.47 bits per heavy atom. The highest BCUT2D eigenvalue weighted by atomic mass is 32.2. The van der Waals surface area contributed by atoms with Gasteiger partial charge in [0.05, 0.1) is 4.90 Å². The predicted octanol–water partition coefficient (Wildman–Crippen LogP) is 3.26. The SMILES string of the molecule is Cc1cccc(NS(=O)(=O)c2ccc(C)c(C(=O)NCCNC(=O)c3ccccc3)c2)c1. The quantitative estimate of drug-likeness (QED) is 0.457. The number of sulfonamides is 1. The lowest BCUT2D eigenvalue weighted by Crippen LogP contribution is -2.35. The molecule has 0 aliphatic heterocycles. The predicted molar refractivity (Wildman–Crippen MR) is 124 cm³/mol. The lowest BCUT2D eigenvalue weighted by atomic mass is 10.1. The summed E-state index contributed by atoms with van der Waals surface area (Å²) in [7, 11) is -3.86. The van der Waals surface area contributed by atoms with Gasteiger partial charge < -0.3 is 10.6 Å². The van der Waals surface area contributed by atoms with Gasteiger partial charge in [-0.05, 0) is 61.4 Å². The van der Waals surface area contributed by atoms with Gasteiger partial charge in [-0.25, -0.2) is 8.42 Å². The average Bonchev–Trinajstić information content (AvgIpc) is 2.77. The molecule has 32 heavy (non-hydrogen) atoms. The molecule has 0 heterocycles. The molecule has 0 radical (unpaired) electrons. The summed E-state index contributed by atoms with van der Waals surface area (Å²) in [6, 6.07) is 20.2. The lowest BCUT2D eigenvalue weighted by Gasteiger charge is -2.12. The molecule has 2 amide bonds. The summed E-state index contributed by atoms with van der Waals surface area (Å²) in [5, 5.41) is 5.44. The molecule has 7 nitrogen and oxygen atoms in total. The highest BCUT2D eigenvalue weighted by Crippen LogP contribution is 2.20. The van der Waals surface area contributed by atoms with Crippen LogP contribution in [-0.4, -0.2) is 33.3 Å². The van der Waals surface area contributed by atoms with Gasteiger partial charge in [-0.2, -0.15) is 0 Å². The number of benzene rings is 3. The third kappa shape index (κ3) is 5.95. The Morgan fingerprint density at radius 1 is 0.781 bits per heavy atom. The maximum Gasteiger partial charge on any atom is 0.261 e. The third-order valence-electron chi connectivity index (χ3n) is 4.77. The number of nitrogens with one attached hydrogen (secondary N) is 3. The molecule has 0 atom stereocenters. The van der Waals surface area contributed by atoms with Crippen molar-refractivity contribution >= 4 is 27.5 Å². The van der Waals surface area contributed by atoms with Crippen molar-refractivity contribution in [2.45, 2.75) is 18.7 Å². The minimum Gasteiger partial charge on any atom is -0.350 e. The van der Waals surface area contributed by atoms with Crippen LogP contribution < -0.4 is 15.4 Å².